The van der Waals surface area contributed by atoms with E-state index in [1.807, 2.05) is 0 Å². The van der Waals surface area contributed by atoms with Crippen LogP contribution < -0.4 is 0 Å². The Balaban J connectivity index is 3.45. The standard InChI is InChI=1S/C15H8ClF15O/c16-7-3-1-2-6(4-7)8(32)5-9(17,18)10(19,20)11(21,22)12(23,24)13(25,26)14(27,28)15(29,30)31/h1-4,8,32H,5H2. The Hall–Kier alpha value is -1.58. The van der Waals surface area contributed by atoms with Crippen molar-refractivity contribution in [3.05, 3.63) is 34.9 Å². The molecule has 1 unspecified atom stereocenters. The van der Waals surface area contributed by atoms with E-state index in [0.717, 1.165) is 18.2 Å². The lowest BCUT2D eigenvalue weighted by atomic mass is 9.88. The summed E-state index contributed by atoms with van der Waals surface area (Å²) in [6.45, 7) is 0. The number of alkyl halides is 15. The van der Waals surface area contributed by atoms with Gasteiger partial charge in [0, 0.05) is 11.4 Å². The third-order valence-electron chi connectivity index (χ3n) is 4.08. The van der Waals surface area contributed by atoms with Crippen molar-refractivity contribution in [1.29, 1.82) is 0 Å². The molecule has 0 aromatic heterocycles. The molecule has 0 aliphatic carbocycles. The summed E-state index contributed by atoms with van der Waals surface area (Å²) in [6, 6.07) is 3.34. The van der Waals surface area contributed by atoms with Crippen LogP contribution in [0.2, 0.25) is 5.02 Å². The van der Waals surface area contributed by atoms with Crippen molar-refractivity contribution in [2.75, 3.05) is 0 Å². The van der Waals surface area contributed by atoms with E-state index < -0.39 is 59.8 Å². The normalized spacial score (nSPS) is 16.3. The van der Waals surface area contributed by atoms with E-state index in [1.165, 1.54) is 0 Å². The second kappa shape index (κ2) is 8.02. The van der Waals surface area contributed by atoms with Crippen molar-refractivity contribution in [3.63, 3.8) is 0 Å². The maximum absolute atomic E-state index is 13.8. The molecule has 1 nitrogen and oxygen atoms in total. The Kier molecular flexibility index (Phi) is 7.13. The number of benzene rings is 1. The van der Waals surface area contributed by atoms with Crippen LogP contribution in [0.5, 0.6) is 0 Å². The summed E-state index contributed by atoms with van der Waals surface area (Å²) >= 11 is 5.40. The van der Waals surface area contributed by atoms with E-state index in [2.05, 4.69) is 0 Å². The topological polar surface area (TPSA) is 20.2 Å². The molecule has 0 amide bonds. The van der Waals surface area contributed by atoms with Gasteiger partial charge in [0.1, 0.15) is 0 Å². The van der Waals surface area contributed by atoms with Crippen LogP contribution in [0.1, 0.15) is 18.1 Å². The monoisotopic (exact) mass is 524 g/mol. The number of hydrogen-bond acceptors (Lipinski definition) is 1. The molecule has 0 fully saturated rings. The molecule has 1 aromatic carbocycles. The molecule has 0 spiro atoms. The molecule has 1 N–H and O–H groups in total. The molecule has 1 atom stereocenters. The van der Waals surface area contributed by atoms with Crippen LogP contribution in [0.25, 0.3) is 0 Å². The zero-order valence-electron chi connectivity index (χ0n) is 14.6. The molecule has 1 aromatic rings. The summed E-state index contributed by atoms with van der Waals surface area (Å²) in [5.41, 5.74) is -0.767. The Morgan fingerprint density at radius 2 is 1.06 bits per heavy atom. The molecule has 0 aliphatic rings. The Morgan fingerprint density at radius 1 is 0.656 bits per heavy atom. The van der Waals surface area contributed by atoms with Crippen LogP contribution >= 0.6 is 11.6 Å². The molecule has 0 saturated heterocycles. The van der Waals surface area contributed by atoms with Crippen LogP contribution in [0, 0.1) is 0 Å². The number of rotatable bonds is 8. The maximum Gasteiger partial charge on any atom is 0.460 e. The minimum absolute atomic E-state index is 0.317. The quantitative estimate of drug-likeness (QED) is 0.359. The van der Waals surface area contributed by atoms with Crippen LogP contribution in [0.4, 0.5) is 65.9 Å². The van der Waals surface area contributed by atoms with E-state index >= 15 is 0 Å². The SMILES string of the molecule is OC(CC(F)(F)C(F)(F)C(F)(F)C(F)(F)C(F)(F)C(F)(F)C(F)(F)F)c1cccc(Cl)c1. The molecule has 0 bridgehead atoms. The number of aliphatic hydroxyl groups is 1. The number of halogens is 16. The van der Waals surface area contributed by atoms with Crippen LogP contribution in [-0.4, -0.2) is 46.8 Å². The molecule has 0 aliphatic heterocycles. The van der Waals surface area contributed by atoms with Gasteiger partial charge in [0.2, 0.25) is 0 Å². The predicted octanol–water partition coefficient (Wildman–Crippen LogP) is 7.14. The summed E-state index contributed by atoms with van der Waals surface area (Å²) in [5.74, 6) is -47.0. The first-order chi connectivity index (χ1) is 13.9. The van der Waals surface area contributed by atoms with Gasteiger partial charge in [0.25, 0.3) is 0 Å². The summed E-state index contributed by atoms with van der Waals surface area (Å²) in [4.78, 5) is 0. The largest absolute Gasteiger partial charge is 0.460 e. The number of hydrogen-bond donors (Lipinski definition) is 1. The van der Waals surface area contributed by atoms with E-state index in [1.54, 1.807) is 0 Å². The first-order valence-electron chi connectivity index (χ1n) is 7.65. The van der Waals surface area contributed by atoms with Gasteiger partial charge in [-0.15, -0.1) is 0 Å². The van der Waals surface area contributed by atoms with Gasteiger partial charge in [0.05, 0.1) is 6.10 Å². The van der Waals surface area contributed by atoms with Gasteiger partial charge in [-0.1, -0.05) is 23.7 Å². The highest BCUT2D eigenvalue weighted by molar-refractivity contribution is 6.30. The molecule has 0 radical (unpaired) electrons. The Labute approximate surface area is 172 Å². The minimum atomic E-state index is -8.35. The van der Waals surface area contributed by atoms with Gasteiger partial charge in [-0.25, -0.2) is 0 Å². The summed E-state index contributed by atoms with van der Waals surface area (Å²) in [6.07, 6.45) is -13.4. The smallest absolute Gasteiger partial charge is 0.388 e. The van der Waals surface area contributed by atoms with E-state index in [4.69, 9.17) is 11.6 Å². The average Bonchev–Trinajstić information content (AvgIpc) is 2.59. The van der Waals surface area contributed by atoms with Crippen molar-refractivity contribution in [2.45, 2.75) is 54.2 Å². The van der Waals surface area contributed by atoms with E-state index in [0.29, 0.717) is 6.07 Å². The lowest BCUT2D eigenvalue weighted by molar-refractivity contribution is -0.453. The zero-order valence-corrected chi connectivity index (χ0v) is 15.3. The fourth-order valence-electron chi connectivity index (χ4n) is 2.20. The molecule has 17 heteroatoms. The molecule has 32 heavy (non-hydrogen) atoms. The first kappa shape index (κ1) is 28.5. The molecular weight excluding hydrogens is 517 g/mol. The van der Waals surface area contributed by atoms with Crippen LogP contribution in [0.15, 0.2) is 24.3 Å². The molecule has 186 valence electrons. The third kappa shape index (κ3) is 4.19. The van der Waals surface area contributed by atoms with Gasteiger partial charge < -0.3 is 5.11 Å². The Morgan fingerprint density at radius 3 is 1.47 bits per heavy atom. The van der Waals surface area contributed by atoms with Crippen LogP contribution in [0.3, 0.4) is 0 Å². The van der Waals surface area contributed by atoms with Crippen molar-refractivity contribution < 1.29 is 71.0 Å². The van der Waals surface area contributed by atoms with Gasteiger partial charge in [-0.2, -0.15) is 65.9 Å². The van der Waals surface area contributed by atoms with Crippen molar-refractivity contribution in [1.82, 2.24) is 0 Å². The van der Waals surface area contributed by atoms with E-state index in [9.17, 15) is 71.0 Å². The van der Waals surface area contributed by atoms with Gasteiger partial charge in [0.15, 0.2) is 0 Å². The predicted molar refractivity (Wildman–Crippen MR) is 76.8 cm³/mol. The highest BCUT2D eigenvalue weighted by Crippen LogP contribution is 2.63. The van der Waals surface area contributed by atoms with Gasteiger partial charge in [-0.05, 0) is 17.7 Å². The molecule has 1 rings (SSSR count). The zero-order chi connectivity index (χ0) is 25.8. The molecular formula is C15H8ClF15O. The highest BCUT2D eigenvalue weighted by atomic mass is 35.5. The first-order valence-corrected chi connectivity index (χ1v) is 8.03. The summed E-state index contributed by atoms with van der Waals surface area (Å²) in [5, 5.41) is 9.17. The molecule has 0 saturated carbocycles. The van der Waals surface area contributed by atoms with Gasteiger partial charge in [-0.3, -0.25) is 0 Å². The van der Waals surface area contributed by atoms with Crippen molar-refractivity contribution in [2.24, 2.45) is 0 Å². The fourth-order valence-corrected chi connectivity index (χ4v) is 2.40. The van der Waals surface area contributed by atoms with Crippen LogP contribution in [-0.2, 0) is 0 Å². The van der Waals surface area contributed by atoms with Crippen molar-refractivity contribution in [3.8, 4) is 0 Å². The summed E-state index contributed by atoms with van der Waals surface area (Å²) < 4.78 is 196. The summed E-state index contributed by atoms with van der Waals surface area (Å²) in [7, 11) is 0. The second-order valence-electron chi connectivity index (χ2n) is 6.35. The third-order valence-corrected chi connectivity index (χ3v) is 4.31. The highest BCUT2D eigenvalue weighted by Gasteiger charge is 2.93. The Bertz CT molecular complexity index is 817. The number of aliphatic hydroxyl groups excluding tert-OH is 1. The average molecular weight is 525 g/mol. The van der Waals surface area contributed by atoms with Crippen molar-refractivity contribution >= 4 is 11.6 Å². The van der Waals surface area contributed by atoms with Gasteiger partial charge >= 0.3 is 41.7 Å². The fraction of sp³-hybridized carbons (Fsp3) is 0.600. The minimum Gasteiger partial charge on any atom is -0.388 e. The molecule has 0 heterocycles. The lowest BCUT2D eigenvalue weighted by Gasteiger charge is -2.41. The lowest BCUT2D eigenvalue weighted by Crippen LogP contribution is -2.72. The maximum atomic E-state index is 13.8. The second-order valence-corrected chi connectivity index (χ2v) is 6.79. The van der Waals surface area contributed by atoms with E-state index in [-0.39, 0.29) is 5.02 Å².